The van der Waals surface area contributed by atoms with E-state index in [-0.39, 0.29) is 6.04 Å². The van der Waals surface area contributed by atoms with E-state index >= 15 is 0 Å². The highest BCUT2D eigenvalue weighted by molar-refractivity contribution is 9.10. The molecule has 4 heteroatoms. The van der Waals surface area contributed by atoms with E-state index < -0.39 is 0 Å². The fraction of sp³-hybridized carbons (Fsp3) is 0.231. The minimum atomic E-state index is 0.115. The molecular formula is C13H14BrNS2. The molecule has 2 rings (SSSR count). The van der Waals surface area contributed by atoms with Crippen LogP contribution in [0.15, 0.2) is 45.1 Å². The standard InChI is InChI=1S/C13H14BrNS2/c1-9-5-10(7-16-9)13(15)8-17-12-4-2-3-11(14)6-12/h2-7,13H,8,15H2,1H3. The van der Waals surface area contributed by atoms with Crippen molar-refractivity contribution in [3.05, 3.63) is 50.6 Å². The number of nitrogens with two attached hydrogens (primary N) is 1. The van der Waals surface area contributed by atoms with Gasteiger partial charge in [0.05, 0.1) is 0 Å². The molecule has 0 spiro atoms. The van der Waals surface area contributed by atoms with Crippen molar-refractivity contribution in [3.63, 3.8) is 0 Å². The Kier molecular flexibility index (Phi) is 4.68. The Morgan fingerprint density at radius 3 is 2.88 bits per heavy atom. The first-order valence-corrected chi connectivity index (χ1v) is 8.00. The van der Waals surface area contributed by atoms with Crippen molar-refractivity contribution in [3.8, 4) is 0 Å². The van der Waals surface area contributed by atoms with E-state index in [0.717, 1.165) is 10.2 Å². The molecule has 0 radical (unpaired) electrons. The molecule has 0 amide bonds. The van der Waals surface area contributed by atoms with Crippen LogP contribution in [0, 0.1) is 6.92 Å². The van der Waals surface area contributed by atoms with Crippen LogP contribution in [-0.2, 0) is 0 Å². The fourth-order valence-electron chi connectivity index (χ4n) is 1.50. The second-order valence-corrected chi connectivity index (χ2v) is 6.99. The zero-order chi connectivity index (χ0) is 12.3. The van der Waals surface area contributed by atoms with Gasteiger partial charge in [-0.25, -0.2) is 0 Å². The van der Waals surface area contributed by atoms with Gasteiger partial charge >= 0.3 is 0 Å². The Balaban J connectivity index is 1.94. The number of benzene rings is 1. The molecule has 0 saturated carbocycles. The molecule has 0 saturated heterocycles. The topological polar surface area (TPSA) is 26.0 Å². The Labute approximate surface area is 119 Å². The van der Waals surface area contributed by atoms with Gasteiger partial charge in [-0.2, -0.15) is 0 Å². The van der Waals surface area contributed by atoms with Gasteiger partial charge in [0.2, 0.25) is 0 Å². The summed E-state index contributed by atoms with van der Waals surface area (Å²) in [6, 6.07) is 10.6. The molecule has 0 aliphatic carbocycles. The predicted molar refractivity (Wildman–Crippen MR) is 80.9 cm³/mol. The molecule has 1 aromatic heterocycles. The third-order valence-corrected chi connectivity index (χ3v) is 4.89. The summed E-state index contributed by atoms with van der Waals surface area (Å²) in [5.41, 5.74) is 7.41. The summed E-state index contributed by atoms with van der Waals surface area (Å²) in [5.74, 6) is 0.909. The summed E-state index contributed by atoms with van der Waals surface area (Å²) in [5, 5.41) is 2.15. The first kappa shape index (κ1) is 13.1. The number of halogens is 1. The second-order valence-electron chi connectivity index (χ2n) is 3.87. The minimum absolute atomic E-state index is 0.115. The molecule has 2 N–H and O–H groups in total. The third kappa shape index (κ3) is 3.85. The van der Waals surface area contributed by atoms with Crippen LogP contribution in [0.1, 0.15) is 16.5 Å². The van der Waals surface area contributed by atoms with E-state index in [4.69, 9.17) is 5.73 Å². The van der Waals surface area contributed by atoms with Crippen molar-refractivity contribution in [2.75, 3.05) is 5.75 Å². The molecule has 90 valence electrons. The molecule has 0 aliphatic heterocycles. The SMILES string of the molecule is Cc1cc(C(N)CSc2cccc(Br)c2)cs1. The molecule has 1 nitrogen and oxygen atoms in total. The maximum absolute atomic E-state index is 6.17. The van der Waals surface area contributed by atoms with Gasteiger partial charge in [0, 0.05) is 26.0 Å². The minimum Gasteiger partial charge on any atom is -0.323 e. The highest BCUT2D eigenvalue weighted by Crippen LogP contribution is 2.27. The number of hydrogen-bond donors (Lipinski definition) is 1. The van der Waals surface area contributed by atoms with Crippen LogP contribution in [-0.4, -0.2) is 5.75 Å². The first-order valence-electron chi connectivity index (χ1n) is 5.34. The average molecular weight is 328 g/mol. The van der Waals surface area contributed by atoms with Gasteiger partial charge in [0.15, 0.2) is 0 Å². The molecule has 1 aromatic carbocycles. The number of hydrogen-bond acceptors (Lipinski definition) is 3. The van der Waals surface area contributed by atoms with Crippen molar-refractivity contribution in [2.24, 2.45) is 5.73 Å². The summed E-state index contributed by atoms with van der Waals surface area (Å²) >= 11 is 7.03. The quantitative estimate of drug-likeness (QED) is 0.830. The Morgan fingerprint density at radius 1 is 1.41 bits per heavy atom. The summed E-state index contributed by atoms with van der Waals surface area (Å²) in [6.07, 6.45) is 0. The molecule has 2 aromatic rings. The summed E-state index contributed by atoms with van der Waals surface area (Å²) in [7, 11) is 0. The number of aryl methyl sites for hydroxylation is 1. The van der Waals surface area contributed by atoms with Crippen molar-refractivity contribution >= 4 is 39.0 Å². The van der Waals surface area contributed by atoms with Gasteiger partial charge in [-0.1, -0.05) is 22.0 Å². The normalized spacial score (nSPS) is 12.6. The van der Waals surface area contributed by atoms with Gasteiger partial charge < -0.3 is 5.73 Å². The van der Waals surface area contributed by atoms with Gasteiger partial charge in [-0.05, 0) is 42.1 Å². The molecule has 1 unspecified atom stereocenters. The van der Waals surface area contributed by atoms with Crippen LogP contribution in [0.5, 0.6) is 0 Å². The highest BCUT2D eigenvalue weighted by atomic mass is 79.9. The Bertz CT molecular complexity index is 496. The van der Waals surface area contributed by atoms with E-state index in [0.29, 0.717) is 0 Å². The van der Waals surface area contributed by atoms with Crippen LogP contribution >= 0.6 is 39.0 Å². The average Bonchev–Trinajstić information content (AvgIpc) is 2.73. The van der Waals surface area contributed by atoms with Gasteiger partial charge in [-0.15, -0.1) is 23.1 Å². The van der Waals surface area contributed by atoms with E-state index in [9.17, 15) is 0 Å². The summed E-state index contributed by atoms with van der Waals surface area (Å²) in [4.78, 5) is 2.57. The molecule has 1 atom stereocenters. The van der Waals surface area contributed by atoms with Crippen molar-refractivity contribution < 1.29 is 0 Å². The largest absolute Gasteiger partial charge is 0.323 e. The third-order valence-electron chi connectivity index (χ3n) is 2.40. The van der Waals surface area contributed by atoms with Crippen molar-refractivity contribution in [1.29, 1.82) is 0 Å². The maximum atomic E-state index is 6.17. The van der Waals surface area contributed by atoms with Gasteiger partial charge in [-0.3, -0.25) is 0 Å². The molecule has 0 fully saturated rings. The number of thioether (sulfide) groups is 1. The molecule has 17 heavy (non-hydrogen) atoms. The lowest BCUT2D eigenvalue weighted by Gasteiger charge is -2.09. The lowest BCUT2D eigenvalue weighted by Crippen LogP contribution is -2.11. The second kappa shape index (κ2) is 6.05. The van der Waals surface area contributed by atoms with Crippen molar-refractivity contribution in [1.82, 2.24) is 0 Å². The van der Waals surface area contributed by atoms with Crippen LogP contribution in [0.4, 0.5) is 0 Å². The summed E-state index contributed by atoms with van der Waals surface area (Å²) < 4.78 is 1.11. The maximum Gasteiger partial charge on any atom is 0.0398 e. The van der Waals surface area contributed by atoms with Crippen LogP contribution in [0.25, 0.3) is 0 Å². The zero-order valence-corrected chi connectivity index (χ0v) is 12.7. The monoisotopic (exact) mass is 327 g/mol. The first-order chi connectivity index (χ1) is 8.15. The number of rotatable bonds is 4. The van der Waals surface area contributed by atoms with Crippen LogP contribution in [0.3, 0.4) is 0 Å². The molecule has 1 heterocycles. The van der Waals surface area contributed by atoms with Crippen molar-refractivity contribution in [2.45, 2.75) is 17.9 Å². The zero-order valence-electron chi connectivity index (χ0n) is 9.52. The van der Waals surface area contributed by atoms with E-state index in [1.807, 2.05) is 12.1 Å². The van der Waals surface area contributed by atoms with E-state index in [1.54, 1.807) is 23.1 Å². The fourth-order valence-corrected chi connectivity index (χ4v) is 3.77. The molecular weight excluding hydrogens is 314 g/mol. The lowest BCUT2D eigenvalue weighted by atomic mass is 10.2. The van der Waals surface area contributed by atoms with Gasteiger partial charge in [0.25, 0.3) is 0 Å². The molecule has 0 aliphatic rings. The summed E-state index contributed by atoms with van der Waals surface area (Å²) in [6.45, 7) is 2.11. The van der Waals surface area contributed by atoms with Crippen LogP contribution in [0.2, 0.25) is 0 Å². The lowest BCUT2D eigenvalue weighted by molar-refractivity contribution is 0.835. The Morgan fingerprint density at radius 2 is 2.24 bits per heavy atom. The van der Waals surface area contributed by atoms with E-state index in [1.165, 1.54) is 15.3 Å². The predicted octanol–water partition coefficient (Wildman–Crippen LogP) is 4.61. The van der Waals surface area contributed by atoms with Gasteiger partial charge in [0.1, 0.15) is 0 Å². The van der Waals surface area contributed by atoms with Crippen LogP contribution < -0.4 is 5.73 Å². The Hall–Kier alpha value is -0.290. The smallest absolute Gasteiger partial charge is 0.0398 e. The highest BCUT2D eigenvalue weighted by Gasteiger charge is 2.08. The number of thiophene rings is 1. The van der Waals surface area contributed by atoms with E-state index in [2.05, 4.69) is 46.4 Å². The molecule has 0 bridgehead atoms.